The Labute approximate surface area is 174 Å². The Hall–Kier alpha value is -3.52. The zero-order chi connectivity index (χ0) is 20.5. The average Bonchev–Trinajstić information content (AvgIpc) is 3.29. The second-order valence-electron chi connectivity index (χ2n) is 6.35. The van der Waals surface area contributed by atoms with Crippen LogP contribution in [-0.2, 0) is 4.79 Å². The number of hydrogen-bond donors (Lipinski definition) is 0. The third kappa shape index (κ3) is 3.74. The number of rotatable bonds is 4. The molecule has 0 bridgehead atoms. The highest BCUT2D eigenvalue weighted by molar-refractivity contribution is 9.10. The van der Waals surface area contributed by atoms with E-state index in [1.54, 1.807) is 49.4 Å². The van der Waals surface area contributed by atoms with E-state index in [9.17, 15) is 14.9 Å². The number of nitro groups is 1. The zero-order valence-electron chi connectivity index (χ0n) is 15.2. The maximum atomic E-state index is 12.8. The second-order valence-corrected chi connectivity index (χ2v) is 7.26. The molecule has 0 atom stereocenters. The van der Waals surface area contributed by atoms with Gasteiger partial charge in [-0.2, -0.15) is 10.1 Å². The lowest BCUT2D eigenvalue weighted by Crippen LogP contribution is -2.21. The molecule has 0 fully saturated rings. The summed E-state index contributed by atoms with van der Waals surface area (Å²) in [4.78, 5) is 23.3. The molecule has 3 aromatic rings. The van der Waals surface area contributed by atoms with Crippen molar-refractivity contribution in [2.75, 3.05) is 5.01 Å². The van der Waals surface area contributed by atoms with Crippen molar-refractivity contribution in [1.82, 2.24) is 0 Å². The van der Waals surface area contributed by atoms with E-state index in [2.05, 4.69) is 21.0 Å². The zero-order valence-corrected chi connectivity index (χ0v) is 16.8. The topological polar surface area (TPSA) is 89.0 Å². The summed E-state index contributed by atoms with van der Waals surface area (Å²) in [7, 11) is 0. The molecule has 8 heteroatoms. The molecule has 0 spiro atoms. The lowest BCUT2D eigenvalue weighted by Gasteiger charge is -2.11. The Morgan fingerprint density at radius 2 is 1.90 bits per heavy atom. The van der Waals surface area contributed by atoms with Gasteiger partial charge in [-0.05, 0) is 49.4 Å². The van der Waals surface area contributed by atoms with E-state index in [1.165, 1.54) is 17.1 Å². The molecule has 29 heavy (non-hydrogen) atoms. The summed E-state index contributed by atoms with van der Waals surface area (Å²) in [5.74, 6) is 0.686. The molecule has 7 nitrogen and oxygen atoms in total. The van der Waals surface area contributed by atoms with Crippen molar-refractivity contribution in [2.24, 2.45) is 5.10 Å². The van der Waals surface area contributed by atoms with Gasteiger partial charge in [0.2, 0.25) is 0 Å². The van der Waals surface area contributed by atoms with Crippen LogP contribution in [0.5, 0.6) is 0 Å². The monoisotopic (exact) mass is 451 g/mol. The Morgan fingerprint density at radius 3 is 2.62 bits per heavy atom. The van der Waals surface area contributed by atoms with Crippen LogP contribution in [0.15, 0.2) is 80.2 Å². The summed E-state index contributed by atoms with van der Waals surface area (Å²) in [5.41, 5.74) is 2.23. The summed E-state index contributed by atoms with van der Waals surface area (Å²) in [6, 6.07) is 16.9. The number of nitro benzene ring substituents is 1. The summed E-state index contributed by atoms with van der Waals surface area (Å²) in [6.45, 7) is 1.76. The fourth-order valence-corrected chi connectivity index (χ4v) is 3.21. The molecule has 144 valence electrons. The van der Waals surface area contributed by atoms with Crippen LogP contribution in [0.3, 0.4) is 0 Å². The number of halogens is 1. The molecular formula is C21H14BrN3O4. The van der Waals surface area contributed by atoms with E-state index in [4.69, 9.17) is 4.42 Å². The first kappa shape index (κ1) is 18.8. The van der Waals surface area contributed by atoms with Crippen LogP contribution in [-0.4, -0.2) is 16.5 Å². The number of anilines is 1. The lowest BCUT2D eigenvalue weighted by atomic mass is 10.1. The third-order valence-electron chi connectivity index (χ3n) is 4.39. The SMILES string of the molecule is CC1=NN(c2ccc(Br)cc2)C(=O)/C1=C\c1ccc(-c2cccc([N+](=O)[O-])c2)o1. The van der Waals surface area contributed by atoms with Crippen molar-refractivity contribution in [3.05, 3.63) is 86.6 Å². The first-order chi connectivity index (χ1) is 13.9. The van der Waals surface area contributed by atoms with E-state index in [0.29, 0.717) is 34.1 Å². The molecule has 1 aromatic heterocycles. The van der Waals surface area contributed by atoms with Crippen molar-refractivity contribution in [2.45, 2.75) is 6.92 Å². The van der Waals surface area contributed by atoms with Crippen LogP contribution in [0, 0.1) is 10.1 Å². The largest absolute Gasteiger partial charge is 0.457 e. The number of hydrogen-bond acceptors (Lipinski definition) is 5. The summed E-state index contributed by atoms with van der Waals surface area (Å²) >= 11 is 3.37. The molecule has 1 amide bonds. The summed E-state index contributed by atoms with van der Waals surface area (Å²) in [6.07, 6.45) is 1.63. The van der Waals surface area contributed by atoms with Crippen molar-refractivity contribution in [3.63, 3.8) is 0 Å². The fraction of sp³-hybridized carbons (Fsp3) is 0.0476. The van der Waals surface area contributed by atoms with Gasteiger partial charge in [-0.1, -0.05) is 28.1 Å². The van der Waals surface area contributed by atoms with Crippen LogP contribution in [0.4, 0.5) is 11.4 Å². The molecule has 0 saturated heterocycles. The van der Waals surface area contributed by atoms with Crippen molar-refractivity contribution < 1.29 is 14.1 Å². The number of carbonyl (C=O) groups is 1. The quantitative estimate of drug-likeness (QED) is 0.300. The summed E-state index contributed by atoms with van der Waals surface area (Å²) < 4.78 is 6.70. The molecule has 0 radical (unpaired) electrons. The molecule has 1 aliphatic heterocycles. The van der Waals surface area contributed by atoms with Gasteiger partial charge in [-0.25, -0.2) is 0 Å². The number of furan rings is 1. The number of carbonyl (C=O) groups excluding carboxylic acids is 1. The van der Waals surface area contributed by atoms with E-state index in [0.717, 1.165) is 4.47 Å². The highest BCUT2D eigenvalue weighted by Crippen LogP contribution is 2.29. The first-order valence-corrected chi connectivity index (χ1v) is 9.43. The van der Waals surface area contributed by atoms with Crippen LogP contribution in [0.1, 0.15) is 12.7 Å². The molecule has 1 aliphatic rings. The molecule has 0 aliphatic carbocycles. The minimum atomic E-state index is -0.455. The minimum absolute atomic E-state index is 0.0158. The number of nitrogens with zero attached hydrogens (tertiary/aromatic N) is 3. The van der Waals surface area contributed by atoms with Gasteiger partial charge < -0.3 is 4.42 Å². The molecular weight excluding hydrogens is 438 g/mol. The van der Waals surface area contributed by atoms with Gasteiger partial charge in [0.05, 0.1) is 21.9 Å². The third-order valence-corrected chi connectivity index (χ3v) is 4.92. The fourth-order valence-electron chi connectivity index (χ4n) is 2.94. The van der Waals surface area contributed by atoms with Gasteiger partial charge in [0.25, 0.3) is 11.6 Å². The predicted molar refractivity (Wildman–Crippen MR) is 114 cm³/mol. The number of benzene rings is 2. The Morgan fingerprint density at radius 1 is 1.14 bits per heavy atom. The van der Waals surface area contributed by atoms with Gasteiger partial charge in [-0.3, -0.25) is 14.9 Å². The minimum Gasteiger partial charge on any atom is -0.457 e. The molecule has 2 heterocycles. The number of amides is 1. The molecule has 4 rings (SSSR count). The smallest absolute Gasteiger partial charge is 0.280 e. The van der Waals surface area contributed by atoms with Crippen LogP contribution >= 0.6 is 15.9 Å². The van der Waals surface area contributed by atoms with Gasteiger partial charge in [0.1, 0.15) is 11.5 Å². The van der Waals surface area contributed by atoms with Crippen LogP contribution in [0.25, 0.3) is 17.4 Å². The first-order valence-electron chi connectivity index (χ1n) is 8.64. The van der Waals surface area contributed by atoms with Crippen LogP contribution in [0.2, 0.25) is 0 Å². The maximum absolute atomic E-state index is 12.8. The van der Waals surface area contributed by atoms with Gasteiger partial charge in [-0.15, -0.1) is 0 Å². The highest BCUT2D eigenvalue weighted by Gasteiger charge is 2.29. The van der Waals surface area contributed by atoms with Crippen molar-refractivity contribution in [3.8, 4) is 11.3 Å². The average molecular weight is 452 g/mol. The Bertz CT molecular complexity index is 1180. The van der Waals surface area contributed by atoms with E-state index in [-0.39, 0.29) is 11.6 Å². The highest BCUT2D eigenvalue weighted by atomic mass is 79.9. The summed E-state index contributed by atoms with van der Waals surface area (Å²) in [5, 5.41) is 16.7. The van der Waals surface area contributed by atoms with Crippen LogP contribution < -0.4 is 5.01 Å². The molecule has 0 saturated carbocycles. The number of hydrazone groups is 1. The van der Waals surface area contributed by atoms with E-state index >= 15 is 0 Å². The van der Waals surface area contributed by atoms with Crippen molar-refractivity contribution in [1.29, 1.82) is 0 Å². The lowest BCUT2D eigenvalue weighted by molar-refractivity contribution is -0.384. The maximum Gasteiger partial charge on any atom is 0.280 e. The normalized spacial score (nSPS) is 15.1. The van der Waals surface area contributed by atoms with E-state index in [1.807, 2.05) is 12.1 Å². The number of non-ortho nitro benzene ring substituents is 1. The van der Waals surface area contributed by atoms with Gasteiger partial charge >= 0.3 is 0 Å². The molecule has 2 aromatic carbocycles. The van der Waals surface area contributed by atoms with Gasteiger partial charge in [0.15, 0.2) is 0 Å². The van der Waals surface area contributed by atoms with Gasteiger partial charge in [0, 0.05) is 22.2 Å². The van der Waals surface area contributed by atoms with Crippen molar-refractivity contribution >= 4 is 45.0 Å². The predicted octanol–water partition coefficient (Wildman–Crippen LogP) is 5.42. The Kier molecular flexibility index (Phi) is 4.85. The Balaban J connectivity index is 1.61. The standard InChI is InChI=1S/C21H14BrN3O4/c1-13-19(21(26)24(23-13)16-7-5-15(22)6-8-16)12-18-9-10-20(29-18)14-3-2-4-17(11-14)25(27)28/h2-12H,1H3/b19-12-. The molecule has 0 N–H and O–H groups in total. The van der Waals surface area contributed by atoms with E-state index < -0.39 is 4.92 Å². The second kappa shape index (κ2) is 7.48. The molecule has 0 unspecified atom stereocenters.